The Morgan fingerprint density at radius 3 is 2.96 bits per heavy atom. The Kier molecular flexibility index (Phi) is 4.62. The Labute approximate surface area is 137 Å². The van der Waals surface area contributed by atoms with Crippen molar-refractivity contribution in [1.82, 2.24) is 15.2 Å². The zero-order valence-corrected chi connectivity index (χ0v) is 14.2. The molecular formula is C19H25N3O. The Bertz CT molecular complexity index is 724. The van der Waals surface area contributed by atoms with Crippen LogP contribution in [0.5, 0.6) is 0 Å². The molecule has 3 rings (SSSR count). The molecule has 0 aliphatic carbocycles. The monoisotopic (exact) mass is 311 g/mol. The van der Waals surface area contributed by atoms with Gasteiger partial charge in [0.05, 0.1) is 16.8 Å². The van der Waals surface area contributed by atoms with Crippen LogP contribution in [0.15, 0.2) is 24.3 Å². The molecule has 1 aromatic carbocycles. The van der Waals surface area contributed by atoms with E-state index in [1.54, 1.807) is 0 Å². The van der Waals surface area contributed by atoms with E-state index >= 15 is 0 Å². The molecule has 0 bridgehead atoms. The van der Waals surface area contributed by atoms with Gasteiger partial charge < -0.3 is 10.2 Å². The molecule has 1 saturated heterocycles. The molecule has 2 heterocycles. The van der Waals surface area contributed by atoms with Crippen LogP contribution in [0.4, 0.5) is 0 Å². The molecule has 1 N–H and O–H groups in total. The lowest BCUT2D eigenvalue weighted by molar-refractivity contribution is 0.0673. The van der Waals surface area contributed by atoms with E-state index in [4.69, 9.17) is 0 Å². The molecule has 23 heavy (non-hydrogen) atoms. The average Bonchev–Trinajstić information content (AvgIpc) is 2.54. The average molecular weight is 311 g/mol. The van der Waals surface area contributed by atoms with E-state index in [1.807, 2.05) is 31.0 Å². The Morgan fingerprint density at radius 1 is 1.35 bits per heavy atom. The first-order valence-electron chi connectivity index (χ1n) is 8.40. The van der Waals surface area contributed by atoms with E-state index in [0.717, 1.165) is 48.2 Å². The number of carbonyl (C=O) groups is 1. The van der Waals surface area contributed by atoms with Crippen LogP contribution < -0.4 is 5.32 Å². The van der Waals surface area contributed by atoms with Crippen LogP contribution >= 0.6 is 0 Å². The van der Waals surface area contributed by atoms with Crippen molar-refractivity contribution in [1.29, 1.82) is 0 Å². The summed E-state index contributed by atoms with van der Waals surface area (Å²) in [4.78, 5) is 19.6. The minimum atomic E-state index is 0.123. The predicted octanol–water partition coefficient (Wildman–Crippen LogP) is 2.92. The highest BCUT2D eigenvalue weighted by Gasteiger charge is 2.25. The summed E-state index contributed by atoms with van der Waals surface area (Å²) < 4.78 is 0. The predicted molar refractivity (Wildman–Crippen MR) is 93.8 cm³/mol. The van der Waals surface area contributed by atoms with Crippen LogP contribution in [0.1, 0.15) is 34.5 Å². The topological polar surface area (TPSA) is 45.2 Å². The van der Waals surface area contributed by atoms with Crippen molar-refractivity contribution in [2.24, 2.45) is 5.92 Å². The van der Waals surface area contributed by atoms with Gasteiger partial charge in [-0.05, 0) is 63.9 Å². The minimum absolute atomic E-state index is 0.123. The highest BCUT2D eigenvalue weighted by atomic mass is 16.2. The van der Waals surface area contributed by atoms with Crippen molar-refractivity contribution in [2.45, 2.75) is 26.7 Å². The van der Waals surface area contributed by atoms with Crippen molar-refractivity contribution in [3.63, 3.8) is 0 Å². The molecule has 0 spiro atoms. The molecule has 0 radical (unpaired) electrons. The number of benzene rings is 1. The smallest absolute Gasteiger partial charge is 0.255 e. The highest BCUT2D eigenvalue weighted by molar-refractivity contribution is 5.98. The lowest BCUT2D eigenvalue weighted by Crippen LogP contribution is -2.42. The van der Waals surface area contributed by atoms with Gasteiger partial charge in [-0.3, -0.25) is 9.78 Å². The fraction of sp³-hybridized carbons (Fsp3) is 0.474. The molecule has 0 saturated carbocycles. The number of amides is 1. The first-order valence-corrected chi connectivity index (χ1v) is 8.40. The van der Waals surface area contributed by atoms with Crippen molar-refractivity contribution in [2.75, 3.05) is 26.7 Å². The second-order valence-electron chi connectivity index (χ2n) is 6.63. The summed E-state index contributed by atoms with van der Waals surface area (Å²) in [7, 11) is 1.97. The Morgan fingerprint density at radius 2 is 2.17 bits per heavy atom. The number of nitrogens with one attached hydrogen (secondary N) is 1. The second-order valence-corrected chi connectivity index (χ2v) is 6.63. The molecule has 2 aromatic rings. The second kappa shape index (κ2) is 6.67. The Balaban J connectivity index is 1.88. The van der Waals surface area contributed by atoms with Crippen LogP contribution in [-0.2, 0) is 0 Å². The normalized spacial score (nSPS) is 18.4. The van der Waals surface area contributed by atoms with Gasteiger partial charge in [0.25, 0.3) is 5.91 Å². The maximum Gasteiger partial charge on any atom is 0.255 e. The fourth-order valence-electron chi connectivity index (χ4n) is 3.47. The lowest BCUT2D eigenvalue weighted by atomic mass is 9.97. The number of nitrogens with zero attached hydrogens (tertiary/aromatic N) is 2. The van der Waals surface area contributed by atoms with Gasteiger partial charge in [0, 0.05) is 18.5 Å². The quantitative estimate of drug-likeness (QED) is 0.948. The van der Waals surface area contributed by atoms with Gasteiger partial charge >= 0.3 is 0 Å². The number of hydrogen-bond donors (Lipinski definition) is 1. The van der Waals surface area contributed by atoms with Crippen molar-refractivity contribution in [3.8, 4) is 0 Å². The van der Waals surface area contributed by atoms with Crippen molar-refractivity contribution >= 4 is 16.8 Å². The van der Waals surface area contributed by atoms with Crippen LogP contribution in [0.2, 0.25) is 0 Å². The molecule has 1 fully saturated rings. The summed E-state index contributed by atoms with van der Waals surface area (Å²) in [6.45, 7) is 6.66. The summed E-state index contributed by atoms with van der Waals surface area (Å²) >= 11 is 0. The molecule has 1 aliphatic heterocycles. The first kappa shape index (κ1) is 15.9. The summed E-state index contributed by atoms with van der Waals surface area (Å²) in [5, 5.41) is 4.26. The van der Waals surface area contributed by atoms with Crippen LogP contribution in [0.3, 0.4) is 0 Å². The number of aromatic nitrogens is 1. The largest absolute Gasteiger partial charge is 0.338 e. The third-order valence-electron chi connectivity index (χ3n) is 4.69. The van der Waals surface area contributed by atoms with Crippen LogP contribution in [0, 0.1) is 19.8 Å². The standard InChI is InChI=1S/C19H25N3O/c1-13-6-7-16-10-17(14(2)21-18(16)9-13)19(23)22-8-4-5-15(12-22)11-20-3/h6-7,9-10,15,20H,4-5,8,11-12H2,1-3H3/t15-/m1/s1. The summed E-state index contributed by atoms with van der Waals surface area (Å²) in [6, 6.07) is 8.19. The molecule has 0 unspecified atom stereocenters. The number of carbonyl (C=O) groups excluding carboxylic acids is 1. The molecule has 122 valence electrons. The van der Waals surface area contributed by atoms with Gasteiger partial charge in [-0.15, -0.1) is 0 Å². The van der Waals surface area contributed by atoms with Gasteiger partial charge in [0.1, 0.15) is 0 Å². The molecule has 1 atom stereocenters. The lowest BCUT2D eigenvalue weighted by Gasteiger charge is -2.33. The third-order valence-corrected chi connectivity index (χ3v) is 4.69. The molecule has 1 aromatic heterocycles. The fourth-order valence-corrected chi connectivity index (χ4v) is 3.47. The van der Waals surface area contributed by atoms with Crippen molar-refractivity contribution in [3.05, 3.63) is 41.1 Å². The van der Waals surface area contributed by atoms with Crippen molar-refractivity contribution < 1.29 is 4.79 Å². The molecule has 4 heteroatoms. The van der Waals surface area contributed by atoms with E-state index in [-0.39, 0.29) is 5.91 Å². The summed E-state index contributed by atoms with van der Waals surface area (Å²) in [6.07, 6.45) is 2.27. The number of pyridine rings is 1. The molecular weight excluding hydrogens is 286 g/mol. The first-order chi connectivity index (χ1) is 11.1. The number of hydrogen-bond acceptors (Lipinski definition) is 3. The number of aryl methyl sites for hydroxylation is 2. The minimum Gasteiger partial charge on any atom is -0.338 e. The van der Waals surface area contributed by atoms with E-state index < -0.39 is 0 Å². The van der Waals surface area contributed by atoms with Gasteiger partial charge in [0.15, 0.2) is 0 Å². The van der Waals surface area contributed by atoms with Crippen LogP contribution in [0.25, 0.3) is 10.9 Å². The summed E-state index contributed by atoms with van der Waals surface area (Å²) in [5.41, 5.74) is 3.72. The Hall–Kier alpha value is -1.94. The van der Waals surface area contributed by atoms with Gasteiger partial charge in [-0.1, -0.05) is 12.1 Å². The van der Waals surface area contributed by atoms with E-state index in [9.17, 15) is 4.79 Å². The molecule has 1 amide bonds. The zero-order valence-electron chi connectivity index (χ0n) is 14.2. The van der Waals surface area contributed by atoms with E-state index in [1.165, 1.54) is 12.0 Å². The number of likely N-dealkylation sites (tertiary alicyclic amines) is 1. The van der Waals surface area contributed by atoms with Gasteiger partial charge in [0.2, 0.25) is 0 Å². The molecule has 1 aliphatic rings. The third kappa shape index (κ3) is 3.37. The maximum atomic E-state index is 12.9. The highest BCUT2D eigenvalue weighted by Crippen LogP contribution is 2.22. The van der Waals surface area contributed by atoms with Gasteiger partial charge in [-0.2, -0.15) is 0 Å². The number of piperidine rings is 1. The maximum absolute atomic E-state index is 12.9. The van der Waals surface area contributed by atoms with Crippen LogP contribution in [-0.4, -0.2) is 42.5 Å². The number of fused-ring (bicyclic) bond motifs is 1. The molecule has 4 nitrogen and oxygen atoms in total. The van der Waals surface area contributed by atoms with E-state index in [2.05, 4.69) is 29.4 Å². The van der Waals surface area contributed by atoms with Gasteiger partial charge in [-0.25, -0.2) is 0 Å². The van der Waals surface area contributed by atoms with E-state index in [0.29, 0.717) is 5.92 Å². The SMILES string of the molecule is CNC[C@H]1CCCN(C(=O)c2cc3ccc(C)cc3nc2C)C1. The zero-order chi connectivity index (χ0) is 16.4. The number of rotatable bonds is 3. The summed E-state index contributed by atoms with van der Waals surface area (Å²) in [5.74, 6) is 0.673.